The van der Waals surface area contributed by atoms with E-state index in [-0.39, 0.29) is 17.2 Å². The first-order valence-electron chi connectivity index (χ1n) is 12.2. The quantitative estimate of drug-likeness (QED) is 0.239. The van der Waals surface area contributed by atoms with Crippen molar-refractivity contribution in [1.29, 1.82) is 0 Å². The van der Waals surface area contributed by atoms with Crippen molar-refractivity contribution in [2.24, 2.45) is 5.92 Å². The standard InChI is InChI=1S/C28H29N3O3S2/c1-4-34-21-11-9-20(10-12-21)31-27(33)25-22-13-8-18(3)15-23(22)36-26(25)30-28(31)35-16-24(32)29-19-7-5-6-17(2)14-19/h5-7,9-12,14,18H,4,8,13,15-16H2,1-3H3,(H,29,32). The number of ether oxygens (including phenoxy) is 1. The van der Waals surface area contributed by atoms with Crippen LogP contribution in [0.1, 0.15) is 36.3 Å². The van der Waals surface area contributed by atoms with Crippen molar-refractivity contribution in [1.82, 2.24) is 9.55 Å². The van der Waals surface area contributed by atoms with Gasteiger partial charge >= 0.3 is 0 Å². The van der Waals surface area contributed by atoms with E-state index in [9.17, 15) is 9.59 Å². The van der Waals surface area contributed by atoms with E-state index in [1.807, 2.05) is 62.4 Å². The minimum absolute atomic E-state index is 0.0715. The van der Waals surface area contributed by atoms with Crippen LogP contribution >= 0.6 is 23.1 Å². The van der Waals surface area contributed by atoms with Crippen molar-refractivity contribution in [2.75, 3.05) is 17.7 Å². The number of carbonyl (C=O) groups excluding carboxylic acids is 1. The van der Waals surface area contributed by atoms with E-state index in [2.05, 4.69) is 12.2 Å². The molecular formula is C28H29N3O3S2. The number of hydrogen-bond donors (Lipinski definition) is 1. The van der Waals surface area contributed by atoms with Crippen LogP contribution in [0.15, 0.2) is 58.5 Å². The number of thiophene rings is 1. The Morgan fingerprint density at radius 3 is 2.81 bits per heavy atom. The maximum absolute atomic E-state index is 13.9. The zero-order valence-electron chi connectivity index (χ0n) is 20.7. The molecule has 1 unspecified atom stereocenters. The molecule has 186 valence electrons. The molecule has 2 heterocycles. The highest BCUT2D eigenvalue weighted by Crippen LogP contribution is 2.37. The van der Waals surface area contributed by atoms with Gasteiger partial charge in [-0.3, -0.25) is 14.2 Å². The average Bonchev–Trinajstić information content (AvgIpc) is 3.21. The summed E-state index contributed by atoms with van der Waals surface area (Å²) in [5.74, 6) is 1.36. The summed E-state index contributed by atoms with van der Waals surface area (Å²) in [6, 6.07) is 15.2. The van der Waals surface area contributed by atoms with E-state index in [1.54, 1.807) is 15.9 Å². The summed E-state index contributed by atoms with van der Waals surface area (Å²) < 4.78 is 7.23. The molecule has 0 bridgehead atoms. The van der Waals surface area contributed by atoms with Gasteiger partial charge in [-0.25, -0.2) is 4.98 Å². The van der Waals surface area contributed by atoms with Gasteiger partial charge in [-0.1, -0.05) is 30.8 Å². The number of aryl methyl sites for hydroxylation is 2. The van der Waals surface area contributed by atoms with Gasteiger partial charge in [0.15, 0.2) is 5.16 Å². The number of carbonyl (C=O) groups is 1. The Kier molecular flexibility index (Phi) is 7.16. The first-order valence-corrected chi connectivity index (χ1v) is 14.0. The summed E-state index contributed by atoms with van der Waals surface area (Å²) in [7, 11) is 0. The van der Waals surface area contributed by atoms with Gasteiger partial charge < -0.3 is 10.1 Å². The molecular weight excluding hydrogens is 490 g/mol. The van der Waals surface area contributed by atoms with Crippen molar-refractivity contribution in [3.8, 4) is 11.4 Å². The molecule has 4 aromatic rings. The van der Waals surface area contributed by atoms with Gasteiger partial charge in [0.2, 0.25) is 5.91 Å². The molecule has 2 aromatic heterocycles. The lowest BCUT2D eigenvalue weighted by Crippen LogP contribution is -2.23. The normalized spacial score (nSPS) is 15.0. The highest BCUT2D eigenvalue weighted by molar-refractivity contribution is 7.99. The van der Waals surface area contributed by atoms with E-state index < -0.39 is 0 Å². The number of benzene rings is 2. The number of rotatable bonds is 7. The molecule has 0 fully saturated rings. The Morgan fingerprint density at radius 2 is 2.06 bits per heavy atom. The number of nitrogens with zero attached hydrogens (tertiary/aromatic N) is 2. The molecule has 36 heavy (non-hydrogen) atoms. The minimum atomic E-state index is -0.141. The molecule has 1 aliphatic carbocycles. The molecule has 0 saturated carbocycles. The number of thioether (sulfide) groups is 1. The summed E-state index contributed by atoms with van der Waals surface area (Å²) in [5.41, 5.74) is 3.63. The zero-order chi connectivity index (χ0) is 25.2. The molecule has 1 N–H and O–H groups in total. The molecule has 6 nitrogen and oxygen atoms in total. The van der Waals surface area contributed by atoms with Crippen LogP contribution in [0.2, 0.25) is 0 Å². The second-order valence-electron chi connectivity index (χ2n) is 9.20. The number of aromatic nitrogens is 2. The van der Waals surface area contributed by atoms with Crippen molar-refractivity contribution in [3.63, 3.8) is 0 Å². The predicted octanol–water partition coefficient (Wildman–Crippen LogP) is 6.01. The summed E-state index contributed by atoms with van der Waals surface area (Å²) in [5, 5.41) is 4.18. The van der Waals surface area contributed by atoms with E-state index in [4.69, 9.17) is 9.72 Å². The third kappa shape index (κ3) is 5.06. The van der Waals surface area contributed by atoms with Crippen LogP contribution < -0.4 is 15.6 Å². The van der Waals surface area contributed by atoms with E-state index >= 15 is 0 Å². The number of hydrogen-bond acceptors (Lipinski definition) is 6. The zero-order valence-corrected chi connectivity index (χ0v) is 22.3. The van der Waals surface area contributed by atoms with Gasteiger partial charge in [0.05, 0.1) is 23.4 Å². The fourth-order valence-electron chi connectivity index (χ4n) is 4.60. The molecule has 1 aliphatic rings. The van der Waals surface area contributed by atoms with E-state index in [1.165, 1.54) is 16.6 Å². The Labute approximate surface area is 218 Å². The van der Waals surface area contributed by atoms with Crippen molar-refractivity contribution in [3.05, 3.63) is 74.9 Å². The molecule has 5 rings (SSSR count). The van der Waals surface area contributed by atoms with Crippen molar-refractivity contribution >= 4 is 44.9 Å². The first kappa shape index (κ1) is 24.6. The monoisotopic (exact) mass is 519 g/mol. The molecule has 2 aromatic carbocycles. The van der Waals surface area contributed by atoms with Crippen LogP contribution in [0, 0.1) is 12.8 Å². The summed E-state index contributed by atoms with van der Waals surface area (Å²) in [6.07, 6.45) is 2.97. The third-order valence-corrected chi connectivity index (χ3v) is 8.43. The van der Waals surface area contributed by atoms with Gasteiger partial charge in [-0.05, 0) is 86.6 Å². The van der Waals surface area contributed by atoms with Gasteiger partial charge in [0.1, 0.15) is 10.6 Å². The Balaban J connectivity index is 1.52. The minimum Gasteiger partial charge on any atom is -0.494 e. The molecule has 8 heteroatoms. The van der Waals surface area contributed by atoms with Gasteiger partial charge in [-0.2, -0.15) is 0 Å². The van der Waals surface area contributed by atoms with Crippen LogP contribution in [0.5, 0.6) is 5.75 Å². The Hall–Kier alpha value is -3.10. The summed E-state index contributed by atoms with van der Waals surface area (Å²) in [4.78, 5) is 33.6. The van der Waals surface area contributed by atoms with Crippen LogP contribution in [0.25, 0.3) is 15.9 Å². The lowest BCUT2D eigenvalue weighted by atomic mass is 9.89. The topological polar surface area (TPSA) is 73.2 Å². The van der Waals surface area contributed by atoms with Crippen LogP contribution in [-0.2, 0) is 17.6 Å². The SMILES string of the molecule is CCOc1ccc(-n2c(SCC(=O)Nc3cccc(C)c3)nc3sc4c(c3c2=O)CCC(C)C4)cc1. The number of amides is 1. The largest absolute Gasteiger partial charge is 0.494 e. The van der Waals surface area contributed by atoms with E-state index in [0.717, 1.165) is 52.0 Å². The predicted molar refractivity (Wildman–Crippen MR) is 148 cm³/mol. The highest BCUT2D eigenvalue weighted by Gasteiger charge is 2.25. The maximum atomic E-state index is 13.9. The fourth-order valence-corrected chi connectivity index (χ4v) is 6.84. The highest BCUT2D eigenvalue weighted by atomic mass is 32.2. The molecule has 1 amide bonds. The molecule has 0 aliphatic heterocycles. The van der Waals surface area contributed by atoms with Crippen LogP contribution in [-0.4, -0.2) is 27.8 Å². The average molecular weight is 520 g/mol. The van der Waals surface area contributed by atoms with Crippen molar-refractivity contribution < 1.29 is 9.53 Å². The number of anilines is 1. The Bertz CT molecular complexity index is 1470. The molecule has 0 saturated heterocycles. The smallest absolute Gasteiger partial charge is 0.267 e. The van der Waals surface area contributed by atoms with Crippen molar-refractivity contribution in [2.45, 2.75) is 45.2 Å². The van der Waals surface area contributed by atoms with Crippen LogP contribution in [0.3, 0.4) is 0 Å². The molecule has 1 atom stereocenters. The fraction of sp³-hybridized carbons (Fsp3) is 0.321. The third-order valence-electron chi connectivity index (χ3n) is 6.34. The van der Waals surface area contributed by atoms with Crippen LogP contribution in [0.4, 0.5) is 5.69 Å². The number of nitrogens with one attached hydrogen (secondary N) is 1. The van der Waals surface area contributed by atoms with Gasteiger partial charge in [0.25, 0.3) is 5.56 Å². The first-order chi connectivity index (χ1) is 17.4. The summed E-state index contributed by atoms with van der Waals surface area (Å²) >= 11 is 2.90. The second-order valence-corrected chi connectivity index (χ2v) is 11.2. The number of fused-ring (bicyclic) bond motifs is 3. The van der Waals surface area contributed by atoms with Gasteiger partial charge in [0, 0.05) is 10.6 Å². The molecule has 0 spiro atoms. The van der Waals surface area contributed by atoms with Gasteiger partial charge in [-0.15, -0.1) is 11.3 Å². The maximum Gasteiger partial charge on any atom is 0.267 e. The Morgan fingerprint density at radius 1 is 1.25 bits per heavy atom. The van der Waals surface area contributed by atoms with E-state index in [0.29, 0.717) is 23.4 Å². The second kappa shape index (κ2) is 10.5. The lowest BCUT2D eigenvalue weighted by molar-refractivity contribution is -0.113. The molecule has 0 radical (unpaired) electrons. The lowest BCUT2D eigenvalue weighted by Gasteiger charge is -2.18. The summed E-state index contributed by atoms with van der Waals surface area (Å²) in [6.45, 7) is 6.75.